The van der Waals surface area contributed by atoms with Gasteiger partial charge in [-0.2, -0.15) is 0 Å². The number of aliphatic hydroxyl groups excluding tert-OH is 1. The van der Waals surface area contributed by atoms with Crippen molar-refractivity contribution >= 4 is 50.7 Å². The highest BCUT2D eigenvalue weighted by Gasteiger charge is 2.77. The molecule has 3 aliphatic heterocycles. The van der Waals surface area contributed by atoms with Crippen LogP contribution in [0.25, 0.3) is 10.2 Å². The van der Waals surface area contributed by atoms with Crippen molar-refractivity contribution in [3.8, 4) is 5.88 Å². The summed E-state index contributed by atoms with van der Waals surface area (Å²) in [5, 5.41) is 11.3. The van der Waals surface area contributed by atoms with Crippen LogP contribution in [0.5, 0.6) is 5.88 Å². The first-order valence-corrected chi connectivity index (χ1v) is 11.9. The molecule has 10 heteroatoms. The highest BCUT2D eigenvalue weighted by atomic mass is 35.5. The van der Waals surface area contributed by atoms with Crippen molar-refractivity contribution in [2.75, 3.05) is 11.5 Å². The van der Waals surface area contributed by atoms with Crippen LogP contribution >= 0.6 is 22.9 Å². The van der Waals surface area contributed by atoms with Crippen LogP contribution in [0.15, 0.2) is 42.0 Å². The second-order valence-electron chi connectivity index (χ2n) is 8.96. The van der Waals surface area contributed by atoms with Crippen LogP contribution < -0.4 is 9.64 Å². The van der Waals surface area contributed by atoms with Gasteiger partial charge in [-0.3, -0.25) is 9.59 Å². The standard InChI is InChI=1S/C23H20ClN3O5S/c1-22-16(28)9-23(32-22,6-7-31-17-5-2-12(24)10-25-17)19-18(22)20(29)27(21(19)30)13-3-4-14-15(8-13)33-11-26-14/h2-5,8,10-11,16,18-19,28H,6-7,9H2,1H3/t16-,18-,19+,22?,23?/m0/s1. The molecule has 2 unspecified atom stereocenters. The topological polar surface area (TPSA) is 102 Å². The van der Waals surface area contributed by atoms with Gasteiger partial charge in [-0.1, -0.05) is 11.6 Å². The molecule has 3 fully saturated rings. The minimum atomic E-state index is -1.13. The lowest BCUT2D eigenvalue weighted by atomic mass is 9.66. The van der Waals surface area contributed by atoms with Gasteiger partial charge in [0, 0.05) is 25.1 Å². The fraction of sp³-hybridized carbons (Fsp3) is 0.391. The van der Waals surface area contributed by atoms with E-state index < -0.39 is 29.1 Å². The molecular formula is C23H20ClN3O5S. The zero-order valence-corrected chi connectivity index (χ0v) is 19.2. The first kappa shape index (κ1) is 21.0. The Hall–Kier alpha value is -2.59. The lowest BCUT2D eigenvalue weighted by molar-refractivity contribution is -0.134. The van der Waals surface area contributed by atoms with E-state index >= 15 is 0 Å². The van der Waals surface area contributed by atoms with Crippen LogP contribution in [-0.2, 0) is 14.3 Å². The number of nitrogens with zero attached hydrogens (tertiary/aromatic N) is 3. The van der Waals surface area contributed by atoms with Crippen LogP contribution in [-0.4, -0.2) is 50.8 Å². The number of hydrogen-bond acceptors (Lipinski definition) is 8. The van der Waals surface area contributed by atoms with Gasteiger partial charge < -0.3 is 14.6 Å². The highest BCUT2D eigenvalue weighted by molar-refractivity contribution is 7.16. The summed E-state index contributed by atoms with van der Waals surface area (Å²) in [7, 11) is 0. The zero-order chi connectivity index (χ0) is 23.0. The van der Waals surface area contributed by atoms with E-state index in [4.69, 9.17) is 21.1 Å². The largest absolute Gasteiger partial charge is 0.478 e. The van der Waals surface area contributed by atoms with Gasteiger partial charge in [-0.25, -0.2) is 14.9 Å². The average molecular weight is 486 g/mol. The molecule has 8 nitrogen and oxygen atoms in total. The lowest BCUT2D eigenvalue weighted by Gasteiger charge is -2.33. The third-order valence-electron chi connectivity index (χ3n) is 7.16. The van der Waals surface area contributed by atoms with Crippen molar-refractivity contribution in [1.82, 2.24) is 9.97 Å². The summed E-state index contributed by atoms with van der Waals surface area (Å²) in [4.78, 5) is 36.8. The number of rotatable bonds is 5. The number of halogens is 1. The van der Waals surface area contributed by atoms with E-state index in [1.165, 1.54) is 22.4 Å². The molecule has 3 aliphatic rings. The first-order chi connectivity index (χ1) is 15.8. The van der Waals surface area contributed by atoms with Gasteiger partial charge in [0.2, 0.25) is 17.7 Å². The molecule has 3 aromatic rings. The smallest absolute Gasteiger partial charge is 0.240 e. The fourth-order valence-corrected chi connectivity index (χ4v) is 6.46. The SMILES string of the molecule is CC12OC(CCOc3ccc(Cl)cn3)(C[C@@H]1O)[C@H]1C(=O)N(c3ccc4ncsc4c3)C(=O)[C@H]12. The summed E-state index contributed by atoms with van der Waals surface area (Å²) in [5.74, 6) is -1.66. The predicted octanol–water partition coefficient (Wildman–Crippen LogP) is 3.21. The van der Waals surface area contributed by atoms with Crippen molar-refractivity contribution in [1.29, 1.82) is 0 Å². The number of imide groups is 1. The molecule has 3 saturated heterocycles. The van der Waals surface area contributed by atoms with Crippen molar-refractivity contribution < 1.29 is 24.2 Å². The molecule has 0 aliphatic carbocycles. The minimum Gasteiger partial charge on any atom is -0.478 e. The van der Waals surface area contributed by atoms with Gasteiger partial charge in [0.1, 0.15) is 5.60 Å². The number of aliphatic hydroxyl groups is 1. The molecule has 2 bridgehead atoms. The van der Waals surface area contributed by atoms with Crippen molar-refractivity contribution in [3.63, 3.8) is 0 Å². The summed E-state index contributed by atoms with van der Waals surface area (Å²) in [6, 6.07) is 8.70. The number of anilines is 1. The molecule has 2 amide bonds. The number of hydrogen-bond donors (Lipinski definition) is 1. The number of carbonyl (C=O) groups is 2. The monoisotopic (exact) mass is 485 g/mol. The maximum absolute atomic E-state index is 13.7. The molecule has 6 rings (SSSR count). The van der Waals surface area contributed by atoms with Crippen molar-refractivity contribution in [2.45, 2.75) is 37.1 Å². The molecule has 2 aromatic heterocycles. The van der Waals surface area contributed by atoms with Crippen molar-refractivity contribution in [3.05, 3.63) is 47.1 Å². The molecule has 33 heavy (non-hydrogen) atoms. The third-order valence-corrected chi connectivity index (χ3v) is 8.18. The fourth-order valence-electron chi connectivity index (χ4n) is 5.64. The number of thiazole rings is 1. The molecule has 1 N–H and O–H groups in total. The Morgan fingerprint density at radius 3 is 2.85 bits per heavy atom. The molecule has 0 radical (unpaired) electrons. The molecule has 0 saturated carbocycles. The number of pyridine rings is 1. The molecule has 5 atom stereocenters. The summed E-state index contributed by atoms with van der Waals surface area (Å²) in [6.07, 6.45) is 1.24. The zero-order valence-electron chi connectivity index (χ0n) is 17.6. The van der Waals surface area contributed by atoms with Gasteiger partial charge in [-0.05, 0) is 31.2 Å². The van der Waals surface area contributed by atoms with Crippen LogP contribution in [0, 0.1) is 11.8 Å². The molecular weight excluding hydrogens is 466 g/mol. The van der Waals surface area contributed by atoms with E-state index in [1.807, 2.05) is 6.07 Å². The Kier molecular flexibility index (Phi) is 4.58. The first-order valence-electron chi connectivity index (χ1n) is 10.7. The van der Waals surface area contributed by atoms with E-state index in [1.54, 1.807) is 36.7 Å². The second kappa shape index (κ2) is 7.20. The maximum atomic E-state index is 13.7. The number of amides is 2. The Bertz CT molecular complexity index is 1280. The number of aromatic nitrogens is 2. The van der Waals surface area contributed by atoms with Gasteiger partial charge in [0.15, 0.2) is 0 Å². The summed E-state index contributed by atoms with van der Waals surface area (Å²) in [6.45, 7) is 1.95. The molecule has 1 aromatic carbocycles. The van der Waals surface area contributed by atoms with Crippen molar-refractivity contribution in [2.24, 2.45) is 11.8 Å². The summed E-state index contributed by atoms with van der Waals surface area (Å²) >= 11 is 7.32. The second-order valence-corrected chi connectivity index (χ2v) is 10.3. The molecule has 170 valence electrons. The highest BCUT2D eigenvalue weighted by Crippen LogP contribution is 2.62. The number of ether oxygens (including phenoxy) is 2. The van der Waals surface area contributed by atoms with Crippen LogP contribution in [0.3, 0.4) is 0 Å². The van der Waals surface area contributed by atoms with E-state index in [9.17, 15) is 14.7 Å². The summed E-state index contributed by atoms with van der Waals surface area (Å²) < 4.78 is 13.0. The Labute approximate surface area is 198 Å². The number of carbonyl (C=O) groups excluding carboxylic acids is 2. The molecule has 0 spiro atoms. The Balaban J connectivity index is 1.30. The van der Waals surface area contributed by atoms with E-state index in [-0.39, 0.29) is 24.8 Å². The van der Waals surface area contributed by atoms with Crippen LogP contribution in [0.2, 0.25) is 5.02 Å². The quantitative estimate of drug-likeness (QED) is 0.553. The minimum absolute atomic E-state index is 0.217. The van der Waals surface area contributed by atoms with Gasteiger partial charge in [0.25, 0.3) is 0 Å². The lowest BCUT2D eigenvalue weighted by Crippen LogP contribution is -2.49. The number of benzene rings is 1. The molecule has 5 heterocycles. The van der Waals surface area contributed by atoms with Crippen LogP contribution in [0.4, 0.5) is 5.69 Å². The van der Waals surface area contributed by atoms with E-state index in [2.05, 4.69) is 9.97 Å². The van der Waals surface area contributed by atoms with E-state index in [0.717, 1.165) is 10.2 Å². The van der Waals surface area contributed by atoms with Gasteiger partial charge in [0.05, 0.1) is 56.6 Å². The summed E-state index contributed by atoms with van der Waals surface area (Å²) in [5.41, 5.74) is 0.955. The average Bonchev–Trinajstić information content (AvgIpc) is 3.48. The third kappa shape index (κ3) is 2.96. The maximum Gasteiger partial charge on any atom is 0.240 e. The predicted molar refractivity (Wildman–Crippen MR) is 121 cm³/mol. The Morgan fingerprint density at radius 1 is 1.24 bits per heavy atom. The van der Waals surface area contributed by atoms with E-state index in [0.29, 0.717) is 23.0 Å². The van der Waals surface area contributed by atoms with Gasteiger partial charge >= 0.3 is 0 Å². The Morgan fingerprint density at radius 2 is 2.06 bits per heavy atom. The normalized spacial score (nSPS) is 32.7. The number of fused-ring (bicyclic) bond motifs is 6. The van der Waals surface area contributed by atoms with Gasteiger partial charge in [-0.15, -0.1) is 11.3 Å². The van der Waals surface area contributed by atoms with Crippen LogP contribution in [0.1, 0.15) is 19.8 Å².